The molecule has 162 valence electrons. The van der Waals surface area contributed by atoms with E-state index in [1.165, 1.54) is 13.8 Å². The molecule has 1 unspecified atom stereocenters. The van der Waals surface area contributed by atoms with Crippen LogP contribution in [0.25, 0.3) is 0 Å². The molecule has 1 aromatic carbocycles. The zero-order valence-electron chi connectivity index (χ0n) is 17.7. The second-order valence-electron chi connectivity index (χ2n) is 7.21. The molecule has 1 aromatic heterocycles. The molecule has 0 aliphatic rings. The van der Waals surface area contributed by atoms with E-state index in [-0.39, 0.29) is 23.6 Å². The minimum Gasteiger partial charge on any atom is -0.451 e. The molecular weight excluding hydrogens is 408 g/mol. The van der Waals surface area contributed by atoms with E-state index >= 15 is 0 Å². The quantitative estimate of drug-likeness (QED) is 0.461. The van der Waals surface area contributed by atoms with E-state index in [2.05, 4.69) is 9.71 Å². The molecule has 0 bridgehead atoms. The van der Waals surface area contributed by atoms with Crippen molar-refractivity contribution in [3.8, 4) is 0 Å². The monoisotopic (exact) mass is 434 g/mol. The molecule has 0 spiro atoms. The van der Waals surface area contributed by atoms with Crippen LogP contribution in [-0.4, -0.2) is 49.8 Å². The predicted octanol–water partition coefficient (Wildman–Crippen LogP) is 2.35. The van der Waals surface area contributed by atoms with Crippen LogP contribution in [0.1, 0.15) is 61.9 Å². The summed E-state index contributed by atoms with van der Waals surface area (Å²) in [6.07, 6.45) is 0.528. The summed E-state index contributed by atoms with van der Waals surface area (Å²) < 4.78 is 29.9. The zero-order valence-corrected chi connectivity index (χ0v) is 18.5. The van der Waals surface area contributed by atoms with Crippen LogP contribution < -0.4 is 4.72 Å². The van der Waals surface area contributed by atoms with E-state index in [1.807, 2.05) is 0 Å². The number of hydrogen-bond donors (Lipinski definition) is 2. The van der Waals surface area contributed by atoms with Crippen LogP contribution in [0.4, 0.5) is 0 Å². The van der Waals surface area contributed by atoms with Crippen molar-refractivity contribution in [2.45, 2.75) is 40.2 Å². The normalized spacial score (nSPS) is 12.4. The third-order valence-corrected chi connectivity index (χ3v) is 5.39. The highest BCUT2D eigenvalue weighted by molar-refractivity contribution is 7.88. The summed E-state index contributed by atoms with van der Waals surface area (Å²) in [4.78, 5) is 39.7. The molecule has 0 aliphatic carbocycles. The van der Waals surface area contributed by atoms with E-state index in [9.17, 15) is 22.8 Å². The van der Waals surface area contributed by atoms with Crippen LogP contribution in [0, 0.1) is 13.8 Å². The van der Waals surface area contributed by atoms with Crippen LogP contribution in [0.3, 0.4) is 0 Å². The van der Waals surface area contributed by atoms with Crippen molar-refractivity contribution in [2.75, 3.05) is 12.8 Å². The van der Waals surface area contributed by atoms with E-state index in [4.69, 9.17) is 4.74 Å². The van der Waals surface area contributed by atoms with Crippen molar-refractivity contribution in [3.63, 3.8) is 0 Å². The second-order valence-corrected chi connectivity index (χ2v) is 9.04. The SMILES string of the molecule is CC(=O)c1c(C)[nH]c(C(=O)C(C)OC(=O)c2ccc(CCNS(C)(=O)=O)cc2)c1C. The Bertz CT molecular complexity index is 1070. The molecule has 2 aromatic rings. The van der Waals surface area contributed by atoms with Gasteiger partial charge in [-0.05, 0) is 57.4 Å². The number of carbonyl (C=O) groups excluding carboxylic acids is 3. The Kier molecular flexibility index (Phi) is 7.33. The molecule has 0 saturated heterocycles. The maximum atomic E-state index is 12.7. The van der Waals surface area contributed by atoms with Gasteiger partial charge in [0.05, 0.1) is 17.5 Å². The predicted molar refractivity (Wildman–Crippen MR) is 112 cm³/mol. The molecule has 2 N–H and O–H groups in total. The molecular formula is C21H26N2O6S. The lowest BCUT2D eigenvalue weighted by molar-refractivity contribution is 0.0317. The number of benzene rings is 1. The van der Waals surface area contributed by atoms with Gasteiger partial charge in [-0.3, -0.25) is 9.59 Å². The summed E-state index contributed by atoms with van der Waals surface area (Å²) >= 11 is 0. The number of aryl methyl sites for hydroxylation is 1. The number of aromatic nitrogens is 1. The number of ether oxygens (including phenoxy) is 1. The number of sulfonamides is 1. The Morgan fingerprint density at radius 2 is 1.73 bits per heavy atom. The summed E-state index contributed by atoms with van der Waals surface area (Å²) in [6, 6.07) is 6.52. The summed E-state index contributed by atoms with van der Waals surface area (Å²) in [7, 11) is -3.25. The Balaban J connectivity index is 2.02. The van der Waals surface area contributed by atoms with Crippen LogP contribution in [0.5, 0.6) is 0 Å². The first-order valence-electron chi connectivity index (χ1n) is 9.39. The minimum atomic E-state index is -3.25. The molecule has 0 radical (unpaired) electrons. The van der Waals surface area contributed by atoms with Crippen molar-refractivity contribution in [1.82, 2.24) is 9.71 Å². The Labute approximate surface area is 176 Å². The van der Waals surface area contributed by atoms with Crippen molar-refractivity contribution < 1.29 is 27.5 Å². The third kappa shape index (κ3) is 5.87. The lowest BCUT2D eigenvalue weighted by Gasteiger charge is -2.12. The molecule has 1 heterocycles. The van der Waals surface area contributed by atoms with Gasteiger partial charge in [0, 0.05) is 17.8 Å². The van der Waals surface area contributed by atoms with Gasteiger partial charge in [0.2, 0.25) is 15.8 Å². The fourth-order valence-electron chi connectivity index (χ4n) is 3.20. The first-order valence-corrected chi connectivity index (χ1v) is 11.3. The fraction of sp³-hybridized carbons (Fsp3) is 0.381. The van der Waals surface area contributed by atoms with Crippen molar-refractivity contribution in [2.24, 2.45) is 0 Å². The maximum Gasteiger partial charge on any atom is 0.338 e. The fourth-order valence-corrected chi connectivity index (χ4v) is 3.67. The lowest BCUT2D eigenvalue weighted by Crippen LogP contribution is -2.25. The number of Topliss-reactive ketones (excluding diaryl/α,β-unsaturated/α-hetero) is 2. The average molecular weight is 435 g/mol. The average Bonchev–Trinajstić information content (AvgIpc) is 2.94. The van der Waals surface area contributed by atoms with Gasteiger partial charge in [-0.1, -0.05) is 12.1 Å². The molecule has 0 aliphatic heterocycles. The van der Waals surface area contributed by atoms with Gasteiger partial charge in [-0.2, -0.15) is 0 Å². The van der Waals surface area contributed by atoms with Crippen LogP contribution in [-0.2, 0) is 21.2 Å². The number of esters is 1. The number of carbonyl (C=O) groups is 3. The van der Waals surface area contributed by atoms with Gasteiger partial charge in [0.1, 0.15) is 0 Å². The Morgan fingerprint density at radius 1 is 1.13 bits per heavy atom. The number of H-pyrrole nitrogens is 1. The first-order chi connectivity index (χ1) is 13.9. The van der Waals surface area contributed by atoms with E-state index < -0.39 is 27.9 Å². The van der Waals surface area contributed by atoms with Crippen molar-refractivity contribution >= 4 is 27.6 Å². The van der Waals surface area contributed by atoms with Crippen LogP contribution >= 0.6 is 0 Å². The van der Waals surface area contributed by atoms with Gasteiger partial charge in [-0.25, -0.2) is 17.9 Å². The summed E-state index contributed by atoms with van der Waals surface area (Å²) in [5.41, 5.74) is 2.99. The van der Waals surface area contributed by atoms with E-state index in [0.717, 1.165) is 11.8 Å². The molecule has 0 saturated carbocycles. The summed E-state index contributed by atoms with van der Waals surface area (Å²) in [6.45, 7) is 6.56. The second kappa shape index (κ2) is 9.36. The molecule has 9 heteroatoms. The van der Waals surface area contributed by atoms with Crippen molar-refractivity contribution in [3.05, 3.63) is 57.9 Å². The molecule has 1 atom stereocenters. The Hall–Kier alpha value is -2.78. The topological polar surface area (TPSA) is 122 Å². The van der Waals surface area contributed by atoms with E-state index in [1.54, 1.807) is 38.1 Å². The molecule has 2 rings (SSSR count). The lowest BCUT2D eigenvalue weighted by atomic mass is 10.0. The highest BCUT2D eigenvalue weighted by atomic mass is 32.2. The van der Waals surface area contributed by atoms with Gasteiger partial charge >= 0.3 is 5.97 Å². The van der Waals surface area contributed by atoms with Gasteiger partial charge in [0.25, 0.3) is 0 Å². The number of aromatic amines is 1. The number of hydrogen-bond acceptors (Lipinski definition) is 6. The first kappa shape index (κ1) is 23.5. The number of nitrogens with one attached hydrogen (secondary N) is 2. The number of rotatable bonds is 9. The van der Waals surface area contributed by atoms with Crippen molar-refractivity contribution in [1.29, 1.82) is 0 Å². The largest absolute Gasteiger partial charge is 0.451 e. The van der Waals surface area contributed by atoms with E-state index in [0.29, 0.717) is 23.2 Å². The van der Waals surface area contributed by atoms with Gasteiger partial charge in [-0.15, -0.1) is 0 Å². The summed E-state index contributed by atoms with van der Waals surface area (Å²) in [5, 5.41) is 0. The standard InChI is InChI=1S/C21H26N2O6S/c1-12-18(14(3)24)13(2)23-19(12)20(25)15(4)29-21(26)17-8-6-16(7-9-17)10-11-22-30(5,27)28/h6-9,15,22-23H,10-11H2,1-5H3. The smallest absolute Gasteiger partial charge is 0.338 e. The summed E-state index contributed by atoms with van der Waals surface area (Å²) in [5.74, 6) is -1.21. The Morgan fingerprint density at radius 3 is 2.23 bits per heavy atom. The van der Waals surface area contributed by atoms with Crippen LogP contribution in [0.2, 0.25) is 0 Å². The molecule has 8 nitrogen and oxygen atoms in total. The number of ketones is 2. The molecule has 0 fully saturated rings. The highest BCUT2D eigenvalue weighted by Crippen LogP contribution is 2.21. The zero-order chi connectivity index (χ0) is 22.6. The maximum absolute atomic E-state index is 12.7. The molecule has 30 heavy (non-hydrogen) atoms. The molecule has 0 amide bonds. The third-order valence-electron chi connectivity index (χ3n) is 4.66. The van der Waals surface area contributed by atoms with Gasteiger partial charge < -0.3 is 9.72 Å². The van der Waals surface area contributed by atoms with Crippen LogP contribution in [0.15, 0.2) is 24.3 Å². The minimum absolute atomic E-state index is 0.142. The highest BCUT2D eigenvalue weighted by Gasteiger charge is 2.26. The van der Waals surface area contributed by atoms with Gasteiger partial charge in [0.15, 0.2) is 11.9 Å².